The standard InChI is InChI=1S/C10H12N4O3/c11-6-2-13-3-7(9(6)12)14-4-5(10(16)17)1-8(14)15/h2-3,5H,1,4,11H2,(H2,12,13)(H,16,17). The third-order valence-electron chi connectivity index (χ3n) is 2.76. The van der Waals surface area contributed by atoms with E-state index in [0.717, 1.165) is 0 Å². The van der Waals surface area contributed by atoms with Gasteiger partial charge in [-0.1, -0.05) is 0 Å². The number of carboxylic acids is 1. The number of amides is 1. The molecule has 1 unspecified atom stereocenters. The van der Waals surface area contributed by atoms with Gasteiger partial charge in [0.15, 0.2) is 0 Å². The van der Waals surface area contributed by atoms with Gasteiger partial charge in [-0.15, -0.1) is 0 Å². The summed E-state index contributed by atoms with van der Waals surface area (Å²) in [6.45, 7) is 0.101. The molecule has 1 amide bonds. The fourth-order valence-corrected chi connectivity index (χ4v) is 1.80. The van der Waals surface area contributed by atoms with Crippen molar-refractivity contribution in [2.75, 3.05) is 22.9 Å². The maximum absolute atomic E-state index is 11.7. The van der Waals surface area contributed by atoms with Gasteiger partial charge in [-0.2, -0.15) is 0 Å². The number of rotatable bonds is 2. The third kappa shape index (κ3) is 1.86. The zero-order valence-electron chi connectivity index (χ0n) is 8.96. The lowest BCUT2D eigenvalue weighted by atomic mass is 10.1. The van der Waals surface area contributed by atoms with E-state index in [-0.39, 0.29) is 30.2 Å². The van der Waals surface area contributed by atoms with Gasteiger partial charge in [-0.25, -0.2) is 0 Å². The molecule has 0 radical (unpaired) electrons. The Bertz CT molecular complexity index is 488. The Morgan fingerprint density at radius 1 is 1.47 bits per heavy atom. The van der Waals surface area contributed by atoms with Crippen molar-refractivity contribution in [3.8, 4) is 0 Å². The molecule has 7 heteroatoms. The first-order valence-corrected chi connectivity index (χ1v) is 5.03. The largest absolute Gasteiger partial charge is 0.481 e. The summed E-state index contributed by atoms with van der Waals surface area (Å²) in [5.74, 6) is -1.98. The quantitative estimate of drug-likeness (QED) is 0.647. The van der Waals surface area contributed by atoms with Crippen LogP contribution in [0.3, 0.4) is 0 Å². The van der Waals surface area contributed by atoms with Crippen molar-refractivity contribution in [1.29, 1.82) is 0 Å². The SMILES string of the molecule is Nc1cncc(N2CC(C(=O)O)CC2=O)c1N. The normalized spacial score (nSPS) is 19.6. The number of pyridine rings is 1. The molecule has 0 aliphatic carbocycles. The van der Waals surface area contributed by atoms with Crippen LogP contribution < -0.4 is 16.4 Å². The van der Waals surface area contributed by atoms with Crippen LogP contribution in [-0.2, 0) is 9.59 Å². The zero-order chi connectivity index (χ0) is 12.6. The van der Waals surface area contributed by atoms with E-state index in [1.165, 1.54) is 17.3 Å². The number of aliphatic carboxylic acids is 1. The lowest BCUT2D eigenvalue weighted by molar-refractivity contribution is -0.141. The summed E-state index contributed by atoms with van der Waals surface area (Å²) >= 11 is 0. The molecule has 1 aliphatic rings. The van der Waals surface area contributed by atoms with Crippen molar-refractivity contribution in [3.63, 3.8) is 0 Å². The van der Waals surface area contributed by atoms with Gasteiger partial charge in [0.25, 0.3) is 0 Å². The average molecular weight is 236 g/mol. The molecule has 1 aromatic rings. The molecule has 5 N–H and O–H groups in total. The fourth-order valence-electron chi connectivity index (χ4n) is 1.80. The van der Waals surface area contributed by atoms with Crippen molar-refractivity contribution in [2.45, 2.75) is 6.42 Å². The molecule has 2 rings (SSSR count). The summed E-state index contributed by atoms with van der Waals surface area (Å²) < 4.78 is 0. The maximum atomic E-state index is 11.7. The fraction of sp³-hybridized carbons (Fsp3) is 0.300. The molecular weight excluding hydrogens is 224 g/mol. The van der Waals surface area contributed by atoms with Crippen LogP contribution in [0.15, 0.2) is 12.4 Å². The van der Waals surface area contributed by atoms with Crippen LogP contribution in [0, 0.1) is 5.92 Å². The van der Waals surface area contributed by atoms with Gasteiger partial charge in [-0.3, -0.25) is 14.6 Å². The van der Waals surface area contributed by atoms with Gasteiger partial charge in [-0.05, 0) is 0 Å². The van der Waals surface area contributed by atoms with Crippen molar-refractivity contribution < 1.29 is 14.7 Å². The van der Waals surface area contributed by atoms with Crippen LogP contribution in [0.5, 0.6) is 0 Å². The van der Waals surface area contributed by atoms with E-state index in [2.05, 4.69) is 4.98 Å². The number of nitrogens with two attached hydrogens (primary N) is 2. The number of carbonyl (C=O) groups is 2. The number of hydrogen-bond acceptors (Lipinski definition) is 5. The Morgan fingerprint density at radius 2 is 2.18 bits per heavy atom. The summed E-state index contributed by atoms with van der Waals surface area (Å²) in [7, 11) is 0. The van der Waals surface area contributed by atoms with Crippen molar-refractivity contribution in [2.24, 2.45) is 5.92 Å². The number of carbonyl (C=O) groups excluding carboxylic acids is 1. The van der Waals surface area contributed by atoms with Gasteiger partial charge in [0.05, 0.1) is 35.4 Å². The highest BCUT2D eigenvalue weighted by molar-refractivity contribution is 6.02. The van der Waals surface area contributed by atoms with Crippen molar-refractivity contribution in [1.82, 2.24) is 4.98 Å². The third-order valence-corrected chi connectivity index (χ3v) is 2.76. The summed E-state index contributed by atoms with van der Waals surface area (Å²) in [6, 6.07) is 0. The number of anilines is 3. The Hall–Kier alpha value is -2.31. The molecule has 1 aliphatic heterocycles. The minimum absolute atomic E-state index is 0.0242. The van der Waals surface area contributed by atoms with Gasteiger partial charge < -0.3 is 21.5 Å². The van der Waals surface area contributed by atoms with Crippen LogP contribution in [0.25, 0.3) is 0 Å². The second-order valence-electron chi connectivity index (χ2n) is 3.91. The summed E-state index contributed by atoms with van der Waals surface area (Å²) in [5, 5.41) is 8.87. The topological polar surface area (TPSA) is 123 Å². The highest BCUT2D eigenvalue weighted by Crippen LogP contribution is 2.31. The first kappa shape index (κ1) is 11.2. The van der Waals surface area contributed by atoms with E-state index < -0.39 is 11.9 Å². The molecule has 0 aromatic carbocycles. The molecule has 1 fully saturated rings. The van der Waals surface area contributed by atoms with E-state index >= 15 is 0 Å². The molecule has 1 atom stereocenters. The Labute approximate surface area is 97.0 Å². The van der Waals surface area contributed by atoms with Gasteiger partial charge in [0, 0.05) is 13.0 Å². The molecule has 0 spiro atoms. The van der Waals surface area contributed by atoms with Crippen LogP contribution >= 0.6 is 0 Å². The molecular formula is C10H12N4O3. The number of carboxylic acid groups (broad SMARTS) is 1. The number of nitrogens with zero attached hydrogens (tertiary/aromatic N) is 2. The van der Waals surface area contributed by atoms with Crippen LogP contribution in [-0.4, -0.2) is 28.5 Å². The maximum Gasteiger partial charge on any atom is 0.308 e. The lowest BCUT2D eigenvalue weighted by Gasteiger charge is -2.18. The average Bonchev–Trinajstić information content (AvgIpc) is 2.65. The number of hydrogen-bond donors (Lipinski definition) is 3. The lowest BCUT2D eigenvalue weighted by Crippen LogP contribution is -2.27. The van der Waals surface area contributed by atoms with Crippen molar-refractivity contribution >= 4 is 28.9 Å². The van der Waals surface area contributed by atoms with E-state index in [4.69, 9.17) is 16.6 Å². The minimum Gasteiger partial charge on any atom is -0.481 e. The summed E-state index contributed by atoms with van der Waals surface area (Å²) in [4.78, 5) is 27.7. The van der Waals surface area contributed by atoms with Gasteiger partial charge >= 0.3 is 5.97 Å². The van der Waals surface area contributed by atoms with E-state index in [0.29, 0.717) is 5.69 Å². The van der Waals surface area contributed by atoms with E-state index in [1.807, 2.05) is 0 Å². The summed E-state index contributed by atoms with van der Waals surface area (Å²) in [6.07, 6.45) is 2.77. The van der Waals surface area contributed by atoms with Gasteiger partial charge in [0.1, 0.15) is 0 Å². The minimum atomic E-state index is -0.990. The van der Waals surface area contributed by atoms with Crippen molar-refractivity contribution in [3.05, 3.63) is 12.4 Å². The Balaban J connectivity index is 2.32. The second-order valence-corrected chi connectivity index (χ2v) is 3.91. The van der Waals surface area contributed by atoms with E-state index in [1.54, 1.807) is 0 Å². The highest BCUT2D eigenvalue weighted by Gasteiger charge is 2.36. The smallest absolute Gasteiger partial charge is 0.308 e. The molecule has 0 saturated carbocycles. The van der Waals surface area contributed by atoms with E-state index in [9.17, 15) is 9.59 Å². The number of aromatic nitrogens is 1. The Kier molecular flexibility index (Phi) is 2.58. The highest BCUT2D eigenvalue weighted by atomic mass is 16.4. The molecule has 7 nitrogen and oxygen atoms in total. The second kappa shape index (κ2) is 3.93. The van der Waals surface area contributed by atoms with Gasteiger partial charge in [0.2, 0.25) is 5.91 Å². The Morgan fingerprint density at radius 3 is 2.76 bits per heavy atom. The molecule has 1 saturated heterocycles. The zero-order valence-corrected chi connectivity index (χ0v) is 8.96. The number of nitrogen functional groups attached to an aromatic ring is 2. The summed E-state index contributed by atoms with van der Waals surface area (Å²) in [5.41, 5.74) is 12.2. The van der Waals surface area contributed by atoms with Crippen LogP contribution in [0.1, 0.15) is 6.42 Å². The first-order chi connectivity index (χ1) is 8.00. The molecule has 1 aromatic heterocycles. The first-order valence-electron chi connectivity index (χ1n) is 5.03. The predicted octanol–water partition coefficient (Wildman–Crippen LogP) is -0.317. The molecule has 17 heavy (non-hydrogen) atoms. The monoisotopic (exact) mass is 236 g/mol. The molecule has 2 heterocycles. The molecule has 0 bridgehead atoms. The van der Waals surface area contributed by atoms with Crippen LogP contribution in [0.2, 0.25) is 0 Å². The predicted molar refractivity (Wildman–Crippen MR) is 61.2 cm³/mol. The molecule has 90 valence electrons. The van der Waals surface area contributed by atoms with Crippen LogP contribution in [0.4, 0.5) is 17.1 Å².